The van der Waals surface area contributed by atoms with Crippen molar-refractivity contribution in [1.82, 2.24) is 46.4 Å². The number of aromatic amines is 2. The van der Waals surface area contributed by atoms with Gasteiger partial charge in [0.1, 0.15) is 36.3 Å². The molecule has 1 aliphatic rings. The highest BCUT2D eigenvalue weighted by molar-refractivity contribution is 5.98. The van der Waals surface area contributed by atoms with Crippen molar-refractivity contribution in [3.8, 4) is 0 Å². The van der Waals surface area contributed by atoms with Gasteiger partial charge >= 0.3 is 5.97 Å². The normalized spacial score (nSPS) is 16.0. The zero-order valence-corrected chi connectivity index (χ0v) is 38.1. The van der Waals surface area contributed by atoms with E-state index in [1.807, 2.05) is 54.6 Å². The molecule has 0 saturated carbocycles. The van der Waals surface area contributed by atoms with E-state index in [-0.39, 0.29) is 64.0 Å². The number of carboxylic acids is 1. The van der Waals surface area contributed by atoms with Crippen LogP contribution in [0, 0.1) is 0 Å². The van der Waals surface area contributed by atoms with Crippen LogP contribution in [-0.4, -0.2) is 134 Å². The van der Waals surface area contributed by atoms with Crippen LogP contribution in [0.1, 0.15) is 68.7 Å². The number of likely N-dealkylation sites (tertiary alicyclic amines) is 1. The minimum Gasteiger partial charge on any atom is -0.480 e. The lowest BCUT2D eigenvalue weighted by Crippen LogP contribution is -2.60. The second-order valence-corrected chi connectivity index (χ2v) is 16.9. The number of hydrogen-bond donors (Lipinski definition) is 12. The highest BCUT2D eigenvalue weighted by Crippen LogP contribution is 2.23. The van der Waals surface area contributed by atoms with Gasteiger partial charge < -0.3 is 69.5 Å². The number of benzene rings is 2. The van der Waals surface area contributed by atoms with Crippen LogP contribution in [0.25, 0.3) is 10.9 Å². The number of H-pyrrole nitrogens is 2. The lowest BCUT2D eigenvalue weighted by Gasteiger charge is -2.31. The van der Waals surface area contributed by atoms with Gasteiger partial charge in [0.05, 0.1) is 12.4 Å². The van der Waals surface area contributed by atoms with Gasteiger partial charge in [0.2, 0.25) is 35.4 Å². The molecule has 6 amide bonds. The van der Waals surface area contributed by atoms with Crippen molar-refractivity contribution >= 4 is 58.3 Å². The van der Waals surface area contributed by atoms with Crippen molar-refractivity contribution in [3.05, 3.63) is 90.1 Å². The number of amides is 6. The number of aliphatic carboxylic acids is 1. The maximum atomic E-state index is 14.6. The smallest absolute Gasteiger partial charge is 0.325 e. The summed E-state index contributed by atoms with van der Waals surface area (Å²) in [5.74, 6) is -5.39. The van der Waals surface area contributed by atoms with Crippen LogP contribution in [0.3, 0.4) is 0 Å². The van der Waals surface area contributed by atoms with Gasteiger partial charge in [-0.2, -0.15) is 0 Å². The summed E-state index contributed by atoms with van der Waals surface area (Å²) in [6, 6.07) is 8.43. The van der Waals surface area contributed by atoms with Crippen molar-refractivity contribution in [2.45, 2.75) is 113 Å². The minimum atomic E-state index is -1.29. The zero-order chi connectivity index (χ0) is 49.2. The monoisotopic (exact) mass is 941 g/mol. The maximum Gasteiger partial charge on any atom is 0.325 e. The summed E-state index contributed by atoms with van der Waals surface area (Å²) < 4.78 is 0. The van der Waals surface area contributed by atoms with E-state index in [1.54, 1.807) is 6.20 Å². The number of carbonyl (C=O) groups is 7. The summed E-state index contributed by atoms with van der Waals surface area (Å²) in [6.45, 7) is 1.90. The number of hydrogen-bond acceptors (Lipinski definition) is 11. The molecule has 22 heteroatoms. The Bertz CT molecular complexity index is 2350. The fourth-order valence-electron chi connectivity index (χ4n) is 8.01. The van der Waals surface area contributed by atoms with Gasteiger partial charge in [0.15, 0.2) is 5.96 Å². The van der Waals surface area contributed by atoms with Gasteiger partial charge in [0.25, 0.3) is 0 Å². The topological polar surface area (TPSA) is 364 Å². The molecular formula is C46H64N14O8. The van der Waals surface area contributed by atoms with E-state index in [1.165, 1.54) is 24.3 Å². The van der Waals surface area contributed by atoms with Crippen molar-refractivity contribution in [2.24, 2.45) is 27.9 Å². The van der Waals surface area contributed by atoms with E-state index in [9.17, 15) is 38.7 Å². The summed E-state index contributed by atoms with van der Waals surface area (Å²) in [5, 5.41) is 23.8. The van der Waals surface area contributed by atoms with Crippen LogP contribution in [0.4, 0.5) is 0 Å². The molecule has 1 fully saturated rings. The van der Waals surface area contributed by atoms with E-state index in [2.05, 4.69) is 46.5 Å². The fourth-order valence-corrected chi connectivity index (χ4v) is 8.01. The highest BCUT2D eigenvalue weighted by Gasteiger charge is 2.40. The van der Waals surface area contributed by atoms with Crippen LogP contribution >= 0.6 is 0 Å². The van der Waals surface area contributed by atoms with Crippen LogP contribution in [-0.2, 0) is 52.8 Å². The Hall–Kier alpha value is -7.33. The zero-order valence-electron chi connectivity index (χ0n) is 38.1. The molecule has 0 spiro atoms. The van der Waals surface area contributed by atoms with Gasteiger partial charge in [-0.25, -0.2) is 4.98 Å². The molecule has 5 rings (SSSR count). The van der Waals surface area contributed by atoms with Crippen LogP contribution in [0.2, 0.25) is 0 Å². The summed E-state index contributed by atoms with van der Waals surface area (Å²) in [5.41, 5.74) is 25.9. The van der Waals surface area contributed by atoms with Crippen LogP contribution in [0.5, 0.6) is 0 Å². The Balaban J connectivity index is 1.36. The number of para-hydroxylation sites is 1. The number of unbranched alkanes of at least 4 members (excludes halogenated alkanes) is 1. The number of fused-ring (bicyclic) bond motifs is 1. The first-order valence-electron chi connectivity index (χ1n) is 22.8. The van der Waals surface area contributed by atoms with E-state index < -0.39 is 83.7 Å². The summed E-state index contributed by atoms with van der Waals surface area (Å²) in [4.78, 5) is 111. The van der Waals surface area contributed by atoms with Gasteiger partial charge in [-0.3, -0.25) is 38.6 Å². The molecule has 0 unspecified atom stereocenters. The number of rotatable bonds is 26. The number of aromatic nitrogens is 3. The Labute approximate surface area is 393 Å². The van der Waals surface area contributed by atoms with Crippen LogP contribution < -0.4 is 49.5 Å². The third-order valence-corrected chi connectivity index (χ3v) is 11.7. The van der Waals surface area contributed by atoms with Crippen molar-refractivity contribution in [1.29, 1.82) is 0 Å². The molecule has 1 saturated heterocycles. The number of nitrogens with two attached hydrogens (primary N) is 4. The molecule has 1 aliphatic heterocycles. The summed E-state index contributed by atoms with van der Waals surface area (Å²) in [7, 11) is 0. The average Bonchev–Trinajstić information content (AvgIpc) is 4.12. The lowest BCUT2D eigenvalue weighted by molar-refractivity contribution is -0.143. The third-order valence-electron chi connectivity index (χ3n) is 11.7. The average molecular weight is 941 g/mol. The molecule has 0 radical (unpaired) electrons. The van der Waals surface area contributed by atoms with Gasteiger partial charge in [0, 0.05) is 54.9 Å². The van der Waals surface area contributed by atoms with E-state index in [0.29, 0.717) is 37.1 Å². The minimum absolute atomic E-state index is 0.00529. The molecule has 0 aliphatic carbocycles. The Morgan fingerprint density at radius 2 is 1.46 bits per heavy atom. The molecule has 22 nitrogen and oxygen atoms in total. The summed E-state index contributed by atoms with van der Waals surface area (Å²) >= 11 is 0. The van der Waals surface area contributed by atoms with Gasteiger partial charge in [-0.1, -0.05) is 48.5 Å². The molecule has 7 atom stereocenters. The first-order chi connectivity index (χ1) is 32.6. The molecule has 3 heterocycles. The van der Waals surface area contributed by atoms with Crippen molar-refractivity contribution < 1.29 is 38.7 Å². The number of carboxylic acid groups (broad SMARTS) is 1. The lowest BCUT2D eigenvalue weighted by atomic mass is 10.0. The number of nitrogens with one attached hydrogen (secondary N) is 7. The van der Waals surface area contributed by atoms with Gasteiger partial charge in [-0.05, 0) is 82.0 Å². The fraction of sp³-hybridized carbons (Fsp3) is 0.457. The third kappa shape index (κ3) is 15.1. The summed E-state index contributed by atoms with van der Waals surface area (Å²) in [6.07, 6.45) is 6.95. The van der Waals surface area contributed by atoms with E-state index in [0.717, 1.165) is 16.5 Å². The SMILES string of the molecule is C[C@H](NC(=O)[C@H](CCCN=C(N)N)NC(=O)[C@H](Cc1c[nH]c2ccccc12)NC(=O)[C@@H]1CCCN1C(=O)[C@H](CCCCN)NC(=O)[C@H](Cc1cnc[nH]1)NC(=O)[C@@H](N)Cc1ccccc1)C(=O)O. The molecule has 4 aromatic rings. The van der Waals surface area contributed by atoms with Crippen molar-refractivity contribution in [2.75, 3.05) is 19.6 Å². The molecule has 16 N–H and O–H groups in total. The maximum absolute atomic E-state index is 14.6. The van der Waals surface area contributed by atoms with Crippen LogP contribution in [0.15, 0.2) is 78.3 Å². The predicted octanol–water partition coefficient (Wildman–Crippen LogP) is -1.05. The number of guanidine groups is 1. The molecule has 0 bridgehead atoms. The largest absolute Gasteiger partial charge is 0.480 e. The van der Waals surface area contributed by atoms with Crippen molar-refractivity contribution in [3.63, 3.8) is 0 Å². The number of imidazole rings is 1. The molecule has 68 heavy (non-hydrogen) atoms. The molecule has 2 aromatic heterocycles. The molecule has 2 aromatic carbocycles. The predicted molar refractivity (Wildman–Crippen MR) is 253 cm³/mol. The molecular weight excluding hydrogens is 877 g/mol. The Morgan fingerprint density at radius 3 is 2.15 bits per heavy atom. The van der Waals surface area contributed by atoms with E-state index in [4.69, 9.17) is 22.9 Å². The van der Waals surface area contributed by atoms with Gasteiger partial charge in [-0.15, -0.1) is 0 Å². The number of aliphatic imine (C=N–C) groups is 1. The Kier molecular flexibility index (Phi) is 19.4. The molecule has 366 valence electrons. The highest BCUT2D eigenvalue weighted by atomic mass is 16.4. The number of nitrogens with zero attached hydrogens (tertiary/aromatic N) is 3. The number of carbonyl (C=O) groups excluding carboxylic acids is 6. The quantitative estimate of drug-likeness (QED) is 0.0203. The second-order valence-electron chi connectivity index (χ2n) is 16.9. The standard InChI is InChI=1S/C46H64N14O8/c1-27(45(67)68)55-40(62)34(16-9-19-52-46(49)50)56-41(63)36(22-29-24-53-33-14-6-5-13-31(29)33)59-43(65)38-17-10-20-60(38)44(66)35(15-7-8-18-47)57-42(64)37(23-30-25-51-26-54-30)58-39(61)32(48)21-28-11-3-2-4-12-28/h2-6,11-14,24-27,32,34-38,53H,7-10,15-23,47-48H2,1H3,(H,51,54)(H,55,62)(H,56,63)(H,57,64)(H,58,61)(H,59,65)(H,67,68)(H4,49,50,52)/t27-,32-,34-,35-,36-,37-,38-/m0/s1. The first kappa shape index (κ1) is 51.7. The first-order valence-corrected chi connectivity index (χ1v) is 22.8. The second kappa shape index (κ2) is 25.5. The Morgan fingerprint density at radius 1 is 0.794 bits per heavy atom. The van der Waals surface area contributed by atoms with E-state index >= 15 is 0 Å².